The van der Waals surface area contributed by atoms with Gasteiger partial charge in [0.05, 0.1) is 30.9 Å². The molecule has 2 aliphatic rings. The normalized spacial score (nSPS) is 20.4. The summed E-state index contributed by atoms with van der Waals surface area (Å²) in [6, 6.07) is 4.37. The van der Waals surface area contributed by atoms with Gasteiger partial charge in [-0.3, -0.25) is 0 Å². The van der Waals surface area contributed by atoms with Crippen LogP contribution in [0, 0.1) is 5.92 Å². The second kappa shape index (κ2) is 4.61. The Morgan fingerprint density at radius 2 is 2.10 bits per heavy atom. The Kier molecular flexibility index (Phi) is 3.03. The molecule has 4 nitrogen and oxygen atoms in total. The van der Waals surface area contributed by atoms with Crippen LogP contribution in [0.2, 0.25) is 0 Å². The van der Waals surface area contributed by atoms with Gasteiger partial charge in [0, 0.05) is 0 Å². The Hall–Kier alpha value is -1.85. The molecule has 1 saturated heterocycles. The van der Waals surface area contributed by atoms with Crippen LogP contribution in [0.3, 0.4) is 0 Å². The number of nitrogens with zero attached hydrogens (tertiary/aromatic N) is 1. The molecule has 0 unspecified atom stereocenters. The van der Waals surface area contributed by atoms with Gasteiger partial charge in [-0.25, -0.2) is 13.6 Å². The van der Waals surface area contributed by atoms with Crippen LogP contribution in [0.4, 0.5) is 14.5 Å². The molecule has 1 N–H and O–H groups in total. The molecule has 6 heteroatoms. The SMILES string of the molecule is O=C(O)c1ccc(N2CC(F)(F)C2)c(OCC2CC2)c1. The monoisotopic (exact) mass is 283 g/mol. The fraction of sp³-hybridized carbons (Fsp3) is 0.500. The fourth-order valence-electron chi connectivity index (χ4n) is 2.20. The lowest BCUT2D eigenvalue weighted by Crippen LogP contribution is -2.56. The first-order valence-electron chi connectivity index (χ1n) is 6.57. The highest BCUT2D eigenvalue weighted by molar-refractivity contribution is 5.89. The van der Waals surface area contributed by atoms with Crippen molar-refractivity contribution >= 4 is 11.7 Å². The van der Waals surface area contributed by atoms with Gasteiger partial charge in [0.2, 0.25) is 0 Å². The quantitative estimate of drug-likeness (QED) is 0.902. The largest absolute Gasteiger partial charge is 0.491 e. The lowest BCUT2D eigenvalue weighted by atomic mass is 10.1. The molecule has 3 rings (SSSR count). The van der Waals surface area contributed by atoms with E-state index in [9.17, 15) is 13.6 Å². The second-order valence-corrected chi connectivity index (χ2v) is 5.45. The van der Waals surface area contributed by atoms with Gasteiger partial charge in [0.25, 0.3) is 5.92 Å². The summed E-state index contributed by atoms with van der Waals surface area (Å²) in [6.07, 6.45) is 2.21. The lowest BCUT2D eigenvalue weighted by Gasteiger charge is -2.41. The molecule has 1 heterocycles. The molecule has 0 spiro atoms. The van der Waals surface area contributed by atoms with Crippen molar-refractivity contribution in [3.05, 3.63) is 23.8 Å². The van der Waals surface area contributed by atoms with Gasteiger partial charge in [-0.1, -0.05) is 0 Å². The Balaban J connectivity index is 1.81. The van der Waals surface area contributed by atoms with Gasteiger partial charge < -0.3 is 14.7 Å². The van der Waals surface area contributed by atoms with Crippen LogP contribution in [0.25, 0.3) is 0 Å². The van der Waals surface area contributed by atoms with E-state index in [1.165, 1.54) is 17.0 Å². The van der Waals surface area contributed by atoms with Crippen molar-refractivity contribution < 1.29 is 23.4 Å². The predicted molar refractivity (Wildman–Crippen MR) is 68.8 cm³/mol. The predicted octanol–water partition coefficient (Wildman–Crippen LogP) is 2.63. The molecule has 0 bridgehead atoms. The Morgan fingerprint density at radius 3 is 2.65 bits per heavy atom. The number of ether oxygens (including phenoxy) is 1. The van der Waals surface area contributed by atoms with Crippen LogP contribution >= 0.6 is 0 Å². The average molecular weight is 283 g/mol. The van der Waals surface area contributed by atoms with Crippen molar-refractivity contribution in [1.82, 2.24) is 0 Å². The molecule has 1 aliphatic heterocycles. The van der Waals surface area contributed by atoms with Crippen molar-refractivity contribution in [1.29, 1.82) is 0 Å². The third-order valence-electron chi connectivity index (χ3n) is 3.56. The van der Waals surface area contributed by atoms with E-state index in [4.69, 9.17) is 9.84 Å². The smallest absolute Gasteiger partial charge is 0.335 e. The highest BCUT2D eigenvalue weighted by Gasteiger charge is 2.44. The number of carboxylic acids is 1. The third kappa shape index (κ3) is 2.69. The van der Waals surface area contributed by atoms with E-state index < -0.39 is 11.9 Å². The maximum atomic E-state index is 13.0. The topological polar surface area (TPSA) is 49.8 Å². The first-order valence-corrected chi connectivity index (χ1v) is 6.57. The van der Waals surface area contributed by atoms with Crippen LogP contribution in [-0.4, -0.2) is 36.7 Å². The maximum Gasteiger partial charge on any atom is 0.335 e. The average Bonchev–Trinajstić information content (AvgIpc) is 3.17. The molecule has 2 fully saturated rings. The highest BCUT2D eigenvalue weighted by Crippen LogP contribution is 2.39. The molecule has 0 amide bonds. The zero-order valence-electron chi connectivity index (χ0n) is 10.8. The van der Waals surface area contributed by atoms with E-state index in [0.717, 1.165) is 12.8 Å². The van der Waals surface area contributed by atoms with E-state index in [1.54, 1.807) is 6.07 Å². The molecular weight excluding hydrogens is 268 g/mol. The molecule has 108 valence electrons. The molecule has 0 atom stereocenters. The van der Waals surface area contributed by atoms with E-state index in [1.807, 2.05) is 0 Å². The molecule has 0 aromatic heterocycles. The van der Waals surface area contributed by atoms with Crippen LogP contribution in [-0.2, 0) is 0 Å². The van der Waals surface area contributed by atoms with Crippen LogP contribution < -0.4 is 9.64 Å². The zero-order valence-corrected chi connectivity index (χ0v) is 10.8. The first kappa shape index (κ1) is 13.1. The molecular formula is C14H15F2NO3. The highest BCUT2D eigenvalue weighted by atomic mass is 19.3. The molecule has 1 aromatic rings. The summed E-state index contributed by atoms with van der Waals surface area (Å²) in [5.41, 5.74) is 0.647. The number of hydrogen-bond donors (Lipinski definition) is 1. The third-order valence-corrected chi connectivity index (χ3v) is 3.56. The standard InChI is InChI=1S/C14H15F2NO3/c15-14(16)7-17(8-14)11-4-3-10(13(18)19)5-12(11)20-6-9-1-2-9/h3-5,9H,1-2,6-8H2,(H,18,19). The minimum absolute atomic E-state index is 0.104. The summed E-state index contributed by atoms with van der Waals surface area (Å²) in [6.45, 7) is -0.182. The van der Waals surface area contributed by atoms with Gasteiger partial charge in [0.15, 0.2) is 0 Å². The van der Waals surface area contributed by atoms with Gasteiger partial charge in [-0.05, 0) is 37.0 Å². The van der Waals surface area contributed by atoms with Gasteiger partial charge in [-0.2, -0.15) is 0 Å². The van der Waals surface area contributed by atoms with Gasteiger partial charge >= 0.3 is 5.97 Å². The minimum Gasteiger partial charge on any atom is -0.491 e. The molecule has 1 saturated carbocycles. The summed E-state index contributed by atoms with van der Waals surface area (Å²) >= 11 is 0. The molecule has 1 aliphatic carbocycles. The number of hydrogen-bond acceptors (Lipinski definition) is 3. The fourth-order valence-corrected chi connectivity index (χ4v) is 2.20. The molecule has 0 radical (unpaired) electrons. The van der Waals surface area contributed by atoms with Gasteiger partial charge in [0.1, 0.15) is 5.75 Å². The number of alkyl halides is 2. The number of carbonyl (C=O) groups is 1. The summed E-state index contributed by atoms with van der Waals surface area (Å²) in [4.78, 5) is 12.5. The second-order valence-electron chi connectivity index (χ2n) is 5.45. The summed E-state index contributed by atoms with van der Waals surface area (Å²) in [7, 11) is 0. The van der Waals surface area contributed by atoms with Crippen LogP contribution in [0.15, 0.2) is 18.2 Å². The number of halogens is 2. The van der Waals surface area contributed by atoms with Crippen LogP contribution in [0.1, 0.15) is 23.2 Å². The molecule has 1 aromatic carbocycles. The number of rotatable bonds is 5. The zero-order chi connectivity index (χ0) is 14.3. The summed E-state index contributed by atoms with van der Waals surface area (Å²) in [5, 5.41) is 8.99. The Labute approximate surface area is 114 Å². The number of anilines is 1. The number of carboxylic acid groups (broad SMARTS) is 1. The van der Waals surface area contributed by atoms with Crippen molar-refractivity contribution in [2.24, 2.45) is 5.92 Å². The Morgan fingerprint density at radius 1 is 1.40 bits per heavy atom. The lowest BCUT2D eigenvalue weighted by molar-refractivity contribution is -0.0265. The van der Waals surface area contributed by atoms with Crippen LogP contribution in [0.5, 0.6) is 5.75 Å². The van der Waals surface area contributed by atoms with Gasteiger partial charge in [-0.15, -0.1) is 0 Å². The molecule has 20 heavy (non-hydrogen) atoms. The van der Waals surface area contributed by atoms with E-state index in [-0.39, 0.29) is 18.7 Å². The van der Waals surface area contributed by atoms with Crippen molar-refractivity contribution in [2.75, 3.05) is 24.6 Å². The van der Waals surface area contributed by atoms with E-state index in [2.05, 4.69) is 0 Å². The van der Waals surface area contributed by atoms with E-state index >= 15 is 0 Å². The maximum absolute atomic E-state index is 13.0. The van der Waals surface area contributed by atoms with E-state index in [0.29, 0.717) is 24.0 Å². The van der Waals surface area contributed by atoms with Crippen molar-refractivity contribution in [3.8, 4) is 5.75 Å². The van der Waals surface area contributed by atoms with Crippen molar-refractivity contribution in [2.45, 2.75) is 18.8 Å². The number of benzene rings is 1. The first-order chi connectivity index (χ1) is 9.44. The Bertz CT molecular complexity index is 535. The summed E-state index contributed by atoms with van der Waals surface area (Å²) < 4.78 is 31.5. The summed E-state index contributed by atoms with van der Waals surface area (Å²) in [5.74, 6) is -2.83. The minimum atomic E-state index is -2.67. The number of aromatic carboxylic acids is 1. The van der Waals surface area contributed by atoms with Crippen molar-refractivity contribution in [3.63, 3.8) is 0 Å².